The van der Waals surface area contributed by atoms with Crippen LogP contribution in [0.15, 0.2) is 12.5 Å². The molecule has 0 spiro atoms. The zero-order valence-electron chi connectivity index (χ0n) is 11.3. The minimum atomic E-state index is -0.339. The smallest absolute Gasteiger partial charge is 0.307 e. The maximum atomic E-state index is 12.0. The number of amides is 1. The summed E-state index contributed by atoms with van der Waals surface area (Å²) in [5, 5.41) is 6.63. The van der Waals surface area contributed by atoms with Crippen LogP contribution in [0.3, 0.4) is 0 Å². The Kier molecular flexibility index (Phi) is 4.24. The Morgan fingerprint density at radius 2 is 2.20 bits per heavy atom. The number of hydrogen-bond acceptors (Lipinski definition) is 6. The van der Waals surface area contributed by atoms with Crippen molar-refractivity contribution < 1.29 is 14.3 Å². The average Bonchev–Trinajstić information content (AvgIpc) is 2.88. The SMILES string of the molecule is CCOC(=O)CCNC(=O)c1cnc2ncnn2c1C. The lowest BCUT2D eigenvalue weighted by molar-refractivity contribution is -0.142. The van der Waals surface area contributed by atoms with E-state index in [2.05, 4.69) is 20.4 Å². The third-order valence-electron chi connectivity index (χ3n) is 2.71. The Morgan fingerprint density at radius 1 is 1.40 bits per heavy atom. The third kappa shape index (κ3) is 2.90. The molecule has 0 fully saturated rings. The standard InChI is InChI=1S/C12H15N5O3/c1-3-20-10(18)4-5-13-11(19)9-6-14-12-15-7-16-17(12)8(9)2/h6-7H,3-5H2,1-2H3,(H,13,19). The Bertz CT molecular complexity index is 637. The van der Waals surface area contributed by atoms with E-state index < -0.39 is 0 Å². The predicted molar refractivity (Wildman–Crippen MR) is 69.1 cm³/mol. The predicted octanol–water partition coefficient (Wildman–Crippen LogP) is 0.116. The molecular formula is C12H15N5O3. The first-order chi connectivity index (χ1) is 9.63. The molecule has 2 aromatic rings. The molecular weight excluding hydrogens is 262 g/mol. The number of aromatic nitrogens is 4. The molecule has 0 atom stereocenters. The largest absolute Gasteiger partial charge is 0.466 e. The maximum Gasteiger partial charge on any atom is 0.307 e. The number of nitrogens with one attached hydrogen (secondary N) is 1. The van der Waals surface area contributed by atoms with Crippen molar-refractivity contribution in [3.05, 3.63) is 23.8 Å². The normalized spacial score (nSPS) is 10.5. The van der Waals surface area contributed by atoms with Gasteiger partial charge in [-0.15, -0.1) is 0 Å². The topological polar surface area (TPSA) is 98.5 Å². The van der Waals surface area contributed by atoms with Crippen LogP contribution in [-0.2, 0) is 9.53 Å². The molecule has 0 aromatic carbocycles. The highest BCUT2D eigenvalue weighted by atomic mass is 16.5. The summed E-state index contributed by atoms with van der Waals surface area (Å²) in [7, 11) is 0. The molecule has 2 heterocycles. The molecule has 1 N–H and O–H groups in total. The summed E-state index contributed by atoms with van der Waals surface area (Å²) in [5.74, 6) is -0.211. The van der Waals surface area contributed by atoms with Crippen molar-refractivity contribution in [3.63, 3.8) is 0 Å². The quantitative estimate of drug-likeness (QED) is 0.779. The van der Waals surface area contributed by atoms with Crippen LogP contribution in [0.5, 0.6) is 0 Å². The molecule has 0 aliphatic carbocycles. The van der Waals surface area contributed by atoms with Gasteiger partial charge in [0.1, 0.15) is 6.33 Å². The van der Waals surface area contributed by atoms with Crippen LogP contribution < -0.4 is 5.32 Å². The summed E-state index contributed by atoms with van der Waals surface area (Å²) in [6.07, 6.45) is 2.95. The summed E-state index contributed by atoms with van der Waals surface area (Å²) in [4.78, 5) is 31.1. The molecule has 2 rings (SSSR count). The first-order valence-electron chi connectivity index (χ1n) is 6.22. The van der Waals surface area contributed by atoms with E-state index in [1.165, 1.54) is 17.0 Å². The molecule has 0 aliphatic rings. The second-order valence-corrected chi connectivity index (χ2v) is 4.04. The van der Waals surface area contributed by atoms with Crippen LogP contribution in [-0.4, -0.2) is 44.6 Å². The molecule has 1 amide bonds. The van der Waals surface area contributed by atoms with Crippen molar-refractivity contribution >= 4 is 17.7 Å². The molecule has 106 valence electrons. The van der Waals surface area contributed by atoms with Gasteiger partial charge in [-0.05, 0) is 13.8 Å². The lowest BCUT2D eigenvalue weighted by atomic mass is 10.2. The molecule has 0 aliphatic heterocycles. The highest BCUT2D eigenvalue weighted by molar-refractivity contribution is 5.95. The number of nitrogens with zero attached hydrogens (tertiary/aromatic N) is 4. The summed E-state index contributed by atoms with van der Waals surface area (Å²) < 4.78 is 6.26. The maximum absolute atomic E-state index is 12.0. The van der Waals surface area contributed by atoms with Crippen molar-refractivity contribution in [1.82, 2.24) is 24.9 Å². The van der Waals surface area contributed by atoms with E-state index in [-0.39, 0.29) is 24.8 Å². The van der Waals surface area contributed by atoms with Gasteiger partial charge in [0.2, 0.25) is 0 Å². The fourth-order valence-electron chi connectivity index (χ4n) is 1.72. The Balaban J connectivity index is 2.00. The Labute approximate surface area is 115 Å². The number of hydrogen-bond donors (Lipinski definition) is 1. The van der Waals surface area contributed by atoms with E-state index in [0.29, 0.717) is 23.6 Å². The Hall–Kier alpha value is -2.51. The molecule has 0 unspecified atom stereocenters. The van der Waals surface area contributed by atoms with Gasteiger partial charge in [-0.2, -0.15) is 10.1 Å². The molecule has 0 saturated heterocycles. The fourth-order valence-corrected chi connectivity index (χ4v) is 1.72. The number of ether oxygens (including phenoxy) is 1. The van der Waals surface area contributed by atoms with Crippen molar-refractivity contribution in [2.24, 2.45) is 0 Å². The zero-order valence-corrected chi connectivity index (χ0v) is 11.3. The first-order valence-corrected chi connectivity index (χ1v) is 6.22. The molecule has 2 aromatic heterocycles. The van der Waals surface area contributed by atoms with Gasteiger partial charge in [0, 0.05) is 12.7 Å². The van der Waals surface area contributed by atoms with Crippen LogP contribution >= 0.6 is 0 Å². The van der Waals surface area contributed by atoms with E-state index >= 15 is 0 Å². The Morgan fingerprint density at radius 3 is 2.95 bits per heavy atom. The van der Waals surface area contributed by atoms with Crippen LogP contribution in [0.1, 0.15) is 29.4 Å². The van der Waals surface area contributed by atoms with Gasteiger partial charge in [-0.25, -0.2) is 9.50 Å². The zero-order chi connectivity index (χ0) is 14.5. The summed E-state index contributed by atoms with van der Waals surface area (Å²) in [5.41, 5.74) is 1.04. The number of rotatable bonds is 5. The number of carbonyl (C=O) groups is 2. The molecule has 8 heteroatoms. The molecule has 0 saturated carbocycles. The van der Waals surface area contributed by atoms with Gasteiger partial charge in [0.15, 0.2) is 0 Å². The highest BCUT2D eigenvalue weighted by Crippen LogP contribution is 2.07. The van der Waals surface area contributed by atoms with Gasteiger partial charge in [0.25, 0.3) is 11.7 Å². The lowest BCUT2D eigenvalue weighted by Gasteiger charge is -2.07. The number of fused-ring (bicyclic) bond motifs is 1. The van der Waals surface area contributed by atoms with Crippen LogP contribution in [0, 0.1) is 6.92 Å². The molecule has 0 radical (unpaired) electrons. The van der Waals surface area contributed by atoms with Crippen molar-refractivity contribution in [2.45, 2.75) is 20.3 Å². The molecule has 20 heavy (non-hydrogen) atoms. The fraction of sp³-hybridized carbons (Fsp3) is 0.417. The summed E-state index contributed by atoms with van der Waals surface area (Å²) >= 11 is 0. The van der Waals surface area contributed by atoms with Gasteiger partial charge >= 0.3 is 5.97 Å². The number of esters is 1. The van der Waals surface area contributed by atoms with E-state index in [4.69, 9.17) is 4.74 Å². The van der Waals surface area contributed by atoms with Crippen LogP contribution in [0.25, 0.3) is 5.78 Å². The van der Waals surface area contributed by atoms with E-state index in [0.717, 1.165) is 0 Å². The van der Waals surface area contributed by atoms with Gasteiger partial charge in [-0.3, -0.25) is 9.59 Å². The second-order valence-electron chi connectivity index (χ2n) is 4.04. The average molecular weight is 277 g/mol. The van der Waals surface area contributed by atoms with Gasteiger partial charge in [0.05, 0.1) is 24.3 Å². The van der Waals surface area contributed by atoms with Crippen molar-refractivity contribution in [2.75, 3.05) is 13.2 Å². The van der Waals surface area contributed by atoms with Crippen LogP contribution in [0.4, 0.5) is 0 Å². The first kappa shape index (κ1) is 13.9. The van der Waals surface area contributed by atoms with E-state index in [9.17, 15) is 9.59 Å². The van der Waals surface area contributed by atoms with E-state index in [1.54, 1.807) is 13.8 Å². The molecule has 8 nitrogen and oxygen atoms in total. The number of aryl methyl sites for hydroxylation is 1. The second kappa shape index (κ2) is 6.09. The monoisotopic (exact) mass is 277 g/mol. The van der Waals surface area contributed by atoms with Gasteiger partial charge in [-0.1, -0.05) is 0 Å². The van der Waals surface area contributed by atoms with Gasteiger partial charge < -0.3 is 10.1 Å². The number of carbonyl (C=O) groups excluding carboxylic acids is 2. The summed E-state index contributed by atoms with van der Waals surface area (Å²) in [6, 6.07) is 0. The minimum Gasteiger partial charge on any atom is -0.466 e. The van der Waals surface area contributed by atoms with Crippen molar-refractivity contribution in [3.8, 4) is 0 Å². The van der Waals surface area contributed by atoms with E-state index in [1.807, 2.05) is 0 Å². The van der Waals surface area contributed by atoms with Crippen molar-refractivity contribution in [1.29, 1.82) is 0 Å². The highest BCUT2D eigenvalue weighted by Gasteiger charge is 2.13. The third-order valence-corrected chi connectivity index (χ3v) is 2.71. The lowest BCUT2D eigenvalue weighted by Crippen LogP contribution is -2.28. The summed E-state index contributed by atoms with van der Waals surface area (Å²) in [6.45, 7) is 4.04. The van der Waals surface area contributed by atoms with Crippen LogP contribution in [0.2, 0.25) is 0 Å². The molecule has 0 bridgehead atoms. The minimum absolute atomic E-state index is 0.137.